The van der Waals surface area contributed by atoms with Gasteiger partial charge in [0.05, 0.1) is 38.3 Å². The van der Waals surface area contributed by atoms with Crippen LogP contribution in [0, 0.1) is 6.92 Å². The van der Waals surface area contributed by atoms with Crippen LogP contribution < -0.4 is 24.3 Å². The summed E-state index contributed by atoms with van der Waals surface area (Å²) in [4.78, 5) is 17.7. The highest BCUT2D eigenvalue weighted by molar-refractivity contribution is 7.09. The first-order valence-corrected chi connectivity index (χ1v) is 13.4. The predicted octanol–water partition coefficient (Wildman–Crippen LogP) is 5.68. The molecule has 2 heterocycles. The van der Waals surface area contributed by atoms with E-state index in [-0.39, 0.29) is 5.91 Å². The van der Waals surface area contributed by atoms with Gasteiger partial charge in [0.15, 0.2) is 11.5 Å². The number of rotatable bonds is 13. The van der Waals surface area contributed by atoms with Gasteiger partial charge in [0.25, 0.3) is 5.91 Å². The molecular weight excluding hydrogens is 514 g/mol. The lowest BCUT2D eigenvalue weighted by Gasteiger charge is -2.13. The Bertz CT molecular complexity index is 1430. The highest BCUT2D eigenvalue weighted by Crippen LogP contribution is 2.31. The summed E-state index contributed by atoms with van der Waals surface area (Å²) in [5, 5.41) is 5.72. The molecule has 0 aliphatic rings. The van der Waals surface area contributed by atoms with Gasteiger partial charge in [-0.25, -0.2) is 4.98 Å². The van der Waals surface area contributed by atoms with E-state index in [0.717, 1.165) is 45.6 Å². The first kappa shape index (κ1) is 27.8. The van der Waals surface area contributed by atoms with Crippen molar-refractivity contribution in [1.82, 2.24) is 14.9 Å². The Morgan fingerprint density at radius 2 is 1.77 bits per heavy atom. The number of aryl methyl sites for hydroxylation is 1. The lowest BCUT2D eigenvalue weighted by Crippen LogP contribution is -2.23. The molecule has 0 aliphatic carbocycles. The van der Waals surface area contributed by atoms with Gasteiger partial charge in [0.1, 0.15) is 23.1 Å². The number of carbonyl (C=O) groups is 1. The van der Waals surface area contributed by atoms with E-state index in [4.69, 9.17) is 23.9 Å². The predicted molar refractivity (Wildman–Crippen MR) is 153 cm³/mol. The molecule has 4 rings (SSSR count). The second kappa shape index (κ2) is 13.0. The lowest BCUT2D eigenvalue weighted by atomic mass is 10.1. The number of nitrogens with one attached hydrogen (secondary N) is 1. The fourth-order valence-electron chi connectivity index (χ4n) is 4.22. The Balaban J connectivity index is 1.58. The number of carbonyl (C=O) groups excluding carboxylic acids is 1. The molecule has 0 saturated heterocycles. The number of nitrogens with zero attached hydrogens (tertiary/aromatic N) is 2. The molecule has 0 fully saturated rings. The number of amides is 1. The van der Waals surface area contributed by atoms with Crippen molar-refractivity contribution in [2.75, 3.05) is 27.9 Å². The Hall–Kier alpha value is -4.24. The van der Waals surface area contributed by atoms with Crippen LogP contribution in [0.3, 0.4) is 0 Å². The highest BCUT2D eigenvalue weighted by Gasteiger charge is 2.20. The van der Waals surface area contributed by atoms with E-state index < -0.39 is 0 Å². The number of ether oxygens (including phenoxy) is 4. The van der Waals surface area contributed by atoms with Crippen LogP contribution in [0.1, 0.15) is 26.6 Å². The normalized spacial score (nSPS) is 10.7. The van der Waals surface area contributed by atoms with Crippen LogP contribution in [0.4, 0.5) is 0 Å². The zero-order valence-electron chi connectivity index (χ0n) is 22.7. The highest BCUT2D eigenvalue weighted by atomic mass is 32.1. The Kier molecular flexibility index (Phi) is 9.27. The average molecular weight is 548 g/mol. The van der Waals surface area contributed by atoms with Crippen LogP contribution in [0.2, 0.25) is 0 Å². The van der Waals surface area contributed by atoms with Gasteiger partial charge < -0.3 is 28.8 Å². The number of aromatic nitrogens is 2. The molecule has 1 N–H and O–H groups in total. The van der Waals surface area contributed by atoms with Gasteiger partial charge in [-0.3, -0.25) is 4.79 Å². The maximum Gasteiger partial charge on any atom is 0.253 e. The molecule has 0 bridgehead atoms. The third-order valence-electron chi connectivity index (χ3n) is 6.33. The van der Waals surface area contributed by atoms with Crippen molar-refractivity contribution in [2.24, 2.45) is 0 Å². The van der Waals surface area contributed by atoms with Crippen LogP contribution in [0.5, 0.6) is 23.0 Å². The maximum atomic E-state index is 12.9. The van der Waals surface area contributed by atoms with Crippen LogP contribution in [0.25, 0.3) is 11.4 Å². The molecule has 2 aromatic carbocycles. The molecule has 0 unspecified atom stereocenters. The fraction of sp³-hybridized carbons (Fsp3) is 0.267. The molecule has 0 saturated carbocycles. The van der Waals surface area contributed by atoms with E-state index in [0.29, 0.717) is 36.8 Å². The summed E-state index contributed by atoms with van der Waals surface area (Å²) in [6.45, 7) is 7.05. The van der Waals surface area contributed by atoms with Crippen molar-refractivity contribution in [1.29, 1.82) is 0 Å². The minimum absolute atomic E-state index is 0.142. The fourth-order valence-corrected chi connectivity index (χ4v) is 4.92. The Morgan fingerprint density at radius 1 is 1.03 bits per heavy atom. The first-order valence-electron chi connectivity index (χ1n) is 12.5. The van der Waals surface area contributed by atoms with Gasteiger partial charge in [-0.05, 0) is 61.4 Å². The smallest absolute Gasteiger partial charge is 0.253 e. The monoisotopic (exact) mass is 547 g/mol. The second-order valence-electron chi connectivity index (χ2n) is 8.71. The van der Waals surface area contributed by atoms with E-state index in [1.165, 1.54) is 11.3 Å². The quantitative estimate of drug-likeness (QED) is 0.217. The van der Waals surface area contributed by atoms with Crippen molar-refractivity contribution in [2.45, 2.75) is 26.5 Å². The van der Waals surface area contributed by atoms with Crippen LogP contribution in [-0.2, 0) is 19.6 Å². The van der Waals surface area contributed by atoms with Crippen LogP contribution in [-0.4, -0.2) is 43.3 Å². The molecule has 0 atom stereocenters. The van der Waals surface area contributed by atoms with E-state index in [9.17, 15) is 4.79 Å². The first-order chi connectivity index (χ1) is 19.0. The number of benzene rings is 2. The SMILES string of the molecule is C=CCNC(=O)c1cc(-c2csc(COc3ccc(OC)cc3)n2)n(CCc2ccc(OC)c(OC)c2)c1C. The van der Waals surface area contributed by atoms with E-state index >= 15 is 0 Å². The molecule has 204 valence electrons. The van der Waals surface area contributed by atoms with Gasteiger partial charge in [0, 0.05) is 24.2 Å². The van der Waals surface area contributed by atoms with Gasteiger partial charge >= 0.3 is 0 Å². The summed E-state index contributed by atoms with van der Waals surface area (Å²) in [6, 6.07) is 15.3. The molecule has 39 heavy (non-hydrogen) atoms. The van der Waals surface area contributed by atoms with Gasteiger partial charge in [-0.2, -0.15) is 0 Å². The number of hydrogen-bond acceptors (Lipinski definition) is 7. The summed E-state index contributed by atoms with van der Waals surface area (Å²) in [7, 11) is 4.88. The van der Waals surface area contributed by atoms with Gasteiger partial charge in [0.2, 0.25) is 0 Å². The lowest BCUT2D eigenvalue weighted by molar-refractivity contribution is 0.0957. The summed E-state index contributed by atoms with van der Waals surface area (Å²) >= 11 is 1.52. The third kappa shape index (κ3) is 6.61. The number of methoxy groups -OCH3 is 3. The summed E-state index contributed by atoms with van der Waals surface area (Å²) in [5.74, 6) is 2.74. The van der Waals surface area contributed by atoms with Crippen molar-refractivity contribution < 1.29 is 23.7 Å². The Morgan fingerprint density at radius 3 is 2.46 bits per heavy atom. The van der Waals surface area contributed by atoms with Crippen molar-refractivity contribution in [3.63, 3.8) is 0 Å². The third-order valence-corrected chi connectivity index (χ3v) is 7.15. The van der Waals surface area contributed by atoms with Gasteiger partial charge in [-0.1, -0.05) is 12.1 Å². The Labute approximate surface area is 232 Å². The molecular formula is C30H33N3O5S. The molecule has 2 aromatic heterocycles. The topological polar surface area (TPSA) is 83.8 Å². The molecule has 4 aromatic rings. The minimum atomic E-state index is -0.142. The standard InChI is InChI=1S/C30H33N3O5S/c1-6-14-31-30(34)24-17-26(25-19-39-29(32-25)18-38-23-10-8-22(35-3)9-11-23)33(20(24)2)15-13-21-7-12-27(36-4)28(16-21)37-5/h6-12,16-17,19H,1,13-15,18H2,2-5H3,(H,31,34). The second-order valence-corrected chi connectivity index (χ2v) is 9.65. The zero-order chi connectivity index (χ0) is 27.8. The molecule has 9 heteroatoms. The van der Waals surface area contributed by atoms with Crippen LogP contribution in [0.15, 0.2) is 66.6 Å². The summed E-state index contributed by atoms with van der Waals surface area (Å²) < 4.78 is 24.1. The maximum absolute atomic E-state index is 12.9. The van der Waals surface area contributed by atoms with E-state index in [1.54, 1.807) is 27.4 Å². The van der Waals surface area contributed by atoms with E-state index in [2.05, 4.69) is 16.5 Å². The number of thiazole rings is 1. The molecule has 0 radical (unpaired) electrons. The van der Waals surface area contributed by atoms with Crippen molar-refractivity contribution in [3.8, 4) is 34.4 Å². The summed E-state index contributed by atoms with van der Waals surface area (Å²) in [5.41, 5.74) is 4.26. The minimum Gasteiger partial charge on any atom is -0.497 e. The zero-order valence-corrected chi connectivity index (χ0v) is 23.5. The van der Waals surface area contributed by atoms with Crippen molar-refractivity contribution in [3.05, 3.63) is 88.4 Å². The van der Waals surface area contributed by atoms with Crippen molar-refractivity contribution >= 4 is 17.2 Å². The molecule has 0 aliphatic heterocycles. The van der Waals surface area contributed by atoms with Gasteiger partial charge in [-0.15, -0.1) is 17.9 Å². The number of hydrogen-bond donors (Lipinski definition) is 1. The molecule has 0 spiro atoms. The van der Waals surface area contributed by atoms with E-state index in [1.807, 2.05) is 60.8 Å². The summed E-state index contributed by atoms with van der Waals surface area (Å²) in [6.07, 6.45) is 2.39. The molecule has 1 amide bonds. The molecule has 8 nitrogen and oxygen atoms in total. The largest absolute Gasteiger partial charge is 0.497 e. The average Bonchev–Trinajstić information content (AvgIpc) is 3.57. The van der Waals surface area contributed by atoms with Crippen LogP contribution >= 0.6 is 11.3 Å².